The summed E-state index contributed by atoms with van der Waals surface area (Å²) in [6.45, 7) is 0.989. The Kier molecular flexibility index (Phi) is 2.70. The molecule has 3 rings (SSSR count). The van der Waals surface area contributed by atoms with Crippen molar-refractivity contribution >= 4 is 22.7 Å². The van der Waals surface area contributed by atoms with E-state index in [4.69, 9.17) is 5.73 Å². The first-order valence-corrected chi connectivity index (χ1v) is 6.17. The van der Waals surface area contributed by atoms with Gasteiger partial charge in [-0.2, -0.15) is 5.10 Å². The number of primary amides is 1. The van der Waals surface area contributed by atoms with Gasteiger partial charge < -0.3 is 10.6 Å². The van der Waals surface area contributed by atoms with Gasteiger partial charge in [0.25, 0.3) is 5.91 Å². The van der Waals surface area contributed by atoms with Crippen molar-refractivity contribution in [2.45, 2.75) is 6.42 Å². The second-order valence-electron chi connectivity index (χ2n) is 4.81. The largest absolute Gasteiger partial charge is 0.369 e. The number of likely N-dealkylation sites (tertiary alicyclic amines) is 1. The lowest BCUT2D eigenvalue weighted by atomic mass is 10.1. The average Bonchev–Trinajstić information content (AvgIpc) is 3.06. The minimum atomic E-state index is -0.334. The number of H-pyrrole nitrogens is 1. The molecule has 1 aromatic heterocycles. The van der Waals surface area contributed by atoms with Gasteiger partial charge in [0, 0.05) is 24.0 Å². The number of nitrogens with one attached hydrogen (secondary N) is 1. The molecular weight excluding hydrogens is 244 g/mol. The molecule has 19 heavy (non-hydrogen) atoms. The molecule has 1 aromatic carbocycles. The van der Waals surface area contributed by atoms with Crippen LogP contribution in [-0.2, 0) is 4.79 Å². The number of nitrogens with two attached hydrogens (primary N) is 1. The number of carbonyl (C=O) groups excluding carboxylic acids is 2. The van der Waals surface area contributed by atoms with E-state index in [1.165, 1.54) is 0 Å². The molecule has 2 aromatic rings. The van der Waals surface area contributed by atoms with Crippen LogP contribution in [0.5, 0.6) is 0 Å². The molecule has 1 saturated heterocycles. The molecule has 98 valence electrons. The van der Waals surface area contributed by atoms with E-state index < -0.39 is 0 Å². The van der Waals surface area contributed by atoms with Gasteiger partial charge in [-0.1, -0.05) is 6.07 Å². The molecule has 6 nitrogen and oxygen atoms in total. The lowest BCUT2D eigenvalue weighted by Crippen LogP contribution is -2.31. The molecule has 6 heteroatoms. The van der Waals surface area contributed by atoms with Gasteiger partial charge in [-0.15, -0.1) is 0 Å². The van der Waals surface area contributed by atoms with Crippen molar-refractivity contribution in [3.8, 4) is 0 Å². The number of carbonyl (C=O) groups is 2. The van der Waals surface area contributed by atoms with E-state index in [-0.39, 0.29) is 17.7 Å². The number of aromatic nitrogens is 2. The van der Waals surface area contributed by atoms with Crippen LogP contribution in [0.3, 0.4) is 0 Å². The Labute approximate surface area is 109 Å². The highest BCUT2D eigenvalue weighted by Gasteiger charge is 2.30. The van der Waals surface area contributed by atoms with Gasteiger partial charge in [-0.25, -0.2) is 0 Å². The van der Waals surface area contributed by atoms with Gasteiger partial charge in [0.2, 0.25) is 5.91 Å². The van der Waals surface area contributed by atoms with Crippen LogP contribution in [0.1, 0.15) is 16.8 Å². The van der Waals surface area contributed by atoms with E-state index >= 15 is 0 Å². The zero-order chi connectivity index (χ0) is 13.4. The van der Waals surface area contributed by atoms with E-state index in [0.717, 1.165) is 10.9 Å². The van der Waals surface area contributed by atoms with Crippen molar-refractivity contribution in [1.29, 1.82) is 0 Å². The second kappa shape index (κ2) is 4.38. The maximum Gasteiger partial charge on any atom is 0.253 e. The SMILES string of the molecule is NC(=O)C1CCN(C(=O)c2ccc3cn[nH]c3c2)C1. The third kappa shape index (κ3) is 2.05. The predicted molar refractivity (Wildman–Crippen MR) is 69.3 cm³/mol. The molecule has 2 amide bonds. The second-order valence-corrected chi connectivity index (χ2v) is 4.81. The highest BCUT2D eigenvalue weighted by atomic mass is 16.2. The minimum absolute atomic E-state index is 0.0692. The smallest absolute Gasteiger partial charge is 0.253 e. The van der Waals surface area contributed by atoms with Crippen molar-refractivity contribution in [2.75, 3.05) is 13.1 Å². The monoisotopic (exact) mass is 258 g/mol. The lowest BCUT2D eigenvalue weighted by molar-refractivity contribution is -0.121. The maximum absolute atomic E-state index is 12.3. The standard InChI is InChI=1S/C13H14N4O2/c14-12(18)10-3-4-17(7-10)13(19)8-1-2-9-6-15-16-11(9)5-8/h1-2,5-6,10H,3-4,7H2,(H2,14,18)(H,15,16). The number of benzene rings is 1. The first-order valence-electron chi connectivity index (χ1n) is 6.17. The Morgan fingerprint density at radius 1 is 1.42 bits per heavy atom. The summed E-state index contributed by atoms with van der Waals surface area (Å²) in [5.74, 6) is -0.626. The predicted octanol–water partition coefficient (Wildman–Crippen LogP) is 0.510. The highest BCUT2D eigenvalue weighted by Crippen LogP contribution is 2.20. The summed E-state index contributed by atoms with van der Waals surface area (Å²) in [6.07, 6.45) is 2.36. The number of fused-ring (bicyclic) bond motifs is 1. The molecule has 0 aliphatic carbocycles. The molecule has 3 N–H and O–H groups in total. The van der Waals surface area contributed by atoms with Gasteiger partial charge in [0.1, 0.15) is 0 Å². The fourth-order valence-corrected chi connectivity index (χ4v) is 2.43. The van der Waals surface area contributed by atoms with Gasteiger partial charge >= 0.3 is 0 Å². The summed E-state index contributed by atoms with van der Waals surface area (Å²) >= 11 is 0. The fraction of sp³-hybridized carbons (Fsp3) is 0.308. The Balaban J connectivity index is 1.82. The molecule has 0 spiro atoms. The van der Waals surface area contributed by atoms with Crippen molar-refractivity contribution in [3.05, 3.63) is 30.0 Å². The fourth-order valence-electron chi connectivity index (χ4n) is 2.43. The average molecular weight is 258 g/mol. The van der Waals surface area contributed by atoms with Gasteiger partial charge in [-0.05, 0) is 18.6 Å². The van der Waals surface area contributed by atoms with Gasteiger partial charge in [-0.3, -0.25) is 14.7 Å². The Hall–Kier alpha value is -2.37. The van der Waals surface area contributed by atoms with Crippen molar-refractivity contribution < 1.29 is 9.59 Å². The molecule has 1 aliphatic heterocycles. The van der Waals surface area contributed by atoms with Crippen molar-refractivity contribution in [3.63, 3.8) is 0 Å². The van der Waals surface area contributed by atoms with Crippen LogP contribution in [0.15, 0.2) is 24.4 Å². The number of nitrogens with zero attached hydrogens (tertiary/aromatic N) is 2. The molecule has 1 unspecified atom stereocenters. The van der Waals surface area contributed by atoms with Crippen molar-refractivity contribution in [2.24, 2.45) is 11.7 Å². The van der Waals surface area contributed by atoms with Gasteiger partial charge in [0.05, 0.1) is 17.6 Å². The first-order chi connectivity index (χ1) is 9.15. The maximum atomic E-state index is 12.3. The summed E-state index contributed by atoms with van der Waals surface area (Å²) in [5, 5.41) is 7.73. The molecule has 1 fully saturated rings. The third-order valence-corrected chi connectivity index (χ3v) is 3.57. The number of hydrogen-bond acceptors (Lipinski definition) is 3. The molecule has 2 heterocycles. The Morgan fingerprint density at radius 2 is 2.26 bits per heavy atom. The summed E-state index contributed by atoms with van der Waals surface area (Å²) < 4.78 is 0. The molecule has 1 atom stereocenters. The zero-order valence-electron chi connectivity index (χ0n) is 10.3. The zero-order valence-corrected chi connectivity index (χ0v) is 10.3. The van der Waals surface area contributed by atoms with Crippen molar-refractivity contribution in [1.82, 2.24) is 15.1 Å². The number of amides is 2. The van der Waals surface area contributed by atoms with E-state index in [1.54, 1.807) is 23.2 Å². The van der Waals surface area contributed by atoms with E-state index in [0.29, 0.717) is 25.1 Å². The normalized spacial score (nSPS) is 18.9. The summed E-state index contributed by atoms with van der Waals surface area (Å²) in [6, 6.07) is 5.41. The summed E-state index contributed by atoms with van der Waals surface area (Å²) in [4.78, 5) is 25.1. The topological polar surface area (TPSA) is 92.1 Å². The third-order valence-electron chi connectivity index (χ3n) is 3.57. The van der Waals surface area contributed by atoms with Crippen LogP contribution in [0, 0.1) is 5.92 Å². The first kappa shape index (κ1) is 11.7. The lowest BCUT2D eigenvalue weighted by Gasteiger charge is -2.15. The number of rotatable bonds is 2. The number of hydrogen-bond donors (Lipinski definition) is 2. The quantitative estimate of drug-likeness (QED) is 0.822. The van der Waals surface area contributed by atoms with Crippen LogP contribution in [0.4, 0.5) is 0 Å². The Morgan fingerprint density at radius 3 is 3.00 bits per heavy atom. The summed E-state index contributed by atoms with van der Waals surface area (Å²) in [7, 11) is 0. The minimum Gasteiger partial charge on any atom is -0.369 e. The van der Waals surface area contributed by atoms with E-state index in [9.17, 15) is 9.59 Å². The van der Waals surface area contributed by atoms with Crippen LogP contribution < -0.4 is 5.73 Å². The van der Waals surface area contributed by atoms with Crippen LogP contribution in [0.25, 0.3) is 10.9 Å². The molecule has 0 saturated carbocycles. The van der Waals surface area contributed by atoms with E-state index in [1.807, 2.05) is 6.07 Å². The van der Waals surface area contributed by atoms with Crippen LogP contribution in [0.2, 0.25) is 0 Å². The van der Waals surface area contributed by atoms with Crippen LogP contribution in [-0.4, -0.2) is 40.0 Å². The number of aromatic amines is 1. The summed E-state index contributed by atoms with van der Waals surface area (Å²) in [5.41, 5.74) is 6.70. The van der Waals surface area contributed by atoms with Gasteiger partial charge in [0.15, 0.2) is 0 Å². The van der Waals surface area contributed by atoms with Crippen LogP contribution >= 0.6 is 0 Å². The molecular formula is C13H14N4O2. The highest BCUT2D eigenvalue weighted by molar-refractivity contribution is 5.98. The molecule has 1 aliphatic rings. The Bertz CT molecular complexity index is 649. The molecule has 0 bridgehead atoms. The van der Waals surface area contributed by atoms with E-state index in [2.05, 4.69) is 10.2 Å². The molecule has 0 radical (unpaired) electrons.